The molecule has 1 saturated carbocycles. The Balaban J connectivity index is 1.46. The van der Waals surface area contributed by atoms with Crippen LogP contribution in [0.1, 0.15) is 59.3 Å². The molecule has 0 radical (unpaired) electrons. The number of rotatable bonds is 6. The third-order valence-electron chi connectivity index (χ3n) is 7.32. The zero-order chi connectivity index (χ0) is 24.4. The number of carbonyl (C=O) groups excluding carboxylic acids is 2. The molecule has 0 atom stereocenters. The second-order valence-corrected chi connectivity index (χ2v) is 11.3. The van der Waals surface area contributed by atoms with Crippen molar-refractivity contribution in [2.45, 2.75) is 78.4 Å². The van der Waals surface area contributed by atoms with Gasteiger partial charge in [-0.2, -0.15) is 0 Å². The summed E-state index contributed by atoms with van der Waals surface area (Å²) in [5, 5.41) is 4.60. The second kappa shape index (κ2) is 10.5. The number of carbonyl (C=O) groups is 2. The number of nitrogens with one attached hydrogen (secondary N) is 1. The molecular formula is C25H36N4O4S. The zero-order valence-corrected chi connectivity index (χ0v) is 21.2. The third kappa shape index (κ3) is 5.29. The number of fused-ring (bicyclic) bond motifs is 1. The van der Waals surface area contributed by atoms with Crippen LogP contribution in [0.25, 0.3) is 10.2 Å². The highest BCUT2D eigenvalue weighted by Gasteiger charge is 2.31. The van der Waals surface area contributed by atoms with Crippen LogP contribution in [0.15, 0.2) is 21.0 Å². The highest BCUT2D eigenvalue weighted by atomic mass is 32.1. The Morgan fingerprint density at radius 1 is 1.06 bits per heavy atom. The van der Waals surface area contributed by atoms with E-state index < -0.39 is 5.69 Å². The fourth-order valence-electron chi connectivity index (χ4n) is 5.30. The molecule has 2 aromatic rings. The van der Waals surface area contributed by atoms with Gasteiger partial charge in [-0.3, -0.25) is 23.5 Å². The van der Waals surface area contributed by atoms with Gasteiger partial charge in [-0.1, -0.05) is 6.92 Å². The summed E-state index contributed by atoms with van der Waals surface area (Å²) in [7, 11) is 0. The van der Waals surface area contributed by atoms with Gasteiger partial charge in [0.25, 0.3) is 5.56 Å². The minimum atomic E-state index is -0.435. The van der Waals surface area contributed by atoms with Gasteiger partial charge in [0.2, 0.25) is 11.8 Å². The second-order valence-electron chi connectivity index (χ2n) is 10.4. The first-order valence-electron chi connectivity index (χ1n) is 12.5. The van der Waals surface area contributed by atoms with Crippen molar-refractivity contribution in [1.82, 2.24) is 19.4 Å². The fraction of sp³-hybridized carbons (Fsp3) is 0.680. The van der Waals surface area contributed by atoms with E-state index in [1.807, 2.05) is 18.7 Å². The van der Waals surface area contributed by atoms with Crippen molar-refractivity contribution in [1.29, 1.82) is 0 Å². The van der Waals surface area contributed by atoms with Gasteiger partial charge in [0.15, 0.2) is 0 Å². The van der Waals surface area contributed by atoms with E-state index in [9.17, 15) is 19.2 Å². The molecule has 1 saturated heterocycles. The number of hydrogen-bond donors (Lipinski definition) is 1. The molecule has 1 aliphatic heterocycles. The molecular weight excluding hydrogens is 452 g/mol. The van der Waals surface area contributed by atoms with Crippen LogP contribution < -0.4 is 16.6 Å². The lowest BCUT2D eigenvalue weighted by molar-refractivity contribution is -0.138. The molecule has 0 bridgehead atoms. The molecule has 4 rings (SSSR count). The Bertz CT molecular complexity index is 1150. The van der Waals surface area contributed by atoms with Crippen LogP contribution in [0, 0.1) is 17.8 Å². The van der Waals surface area contributed by atoms with E-state index in [-0.39, 0.29) is 41.8 Å². The van der Waals surface area contributed by atoms with Gasteiger partial charge in [-0.05, 0) is 75.7 Å². The molecule has 0 unspecified atom stereocenters. The van der Waals surface area contributed by atoms with Gasteiger partial charge in [-0.25, -0.2) is 4.79 Å². The van der Waals surface area contributed by atoms with Crippen LogP contribution in [0.2, 0.25) is 0 Å². The highest BCUT2D eigenvalue weighted by Crippen LogP contribution is 2.32. The fourth-order valence-corrected chi connectivity index (χ4v) is 6.14. The van der Waals surface area contributed by atoms with Crippen LogP contribution in [0.5, 0.6) is 0 Å². The average molecular weight is 489 g/mol. The van der Waals surface area contributed by atoms with E-state index >= 15 is 0 Å². The smallest absolute Gasteiger partial charge is 0.332 e. The predicted molar refractivity (Wildman–Crippen MR) is 134 cm³/mol. The van der Waals surface area contributed by atoms with Crippen molar-refractivity contribution in [3.63, 3.8) is 0 Å². The first-order chi connectivity index (χ1) is 16.2. The van der Waals surface area contributed by atoms with Crippen molar-refractivity contribution < 1.29 is 9.59 Å². The van der Waals surface area contributed by atoms with Crippen molar-refractivity contribution in [2.75, 3.05) is 13.1 Å². The number of aromatic nitrogens is 2. The van der Waals surface area contributed by atoms with Crippen molar-refractivity contribution >= 4 is 33.4 Å². The van der Waals surface area contributed by atoms with Gasteiger partial charge in [-0.15, -0.1) is 11.3 Å². The highest BCUT2D eigenvalue weighted by molar-refractivity contribution is 7.17. The number of piperidine rings is 1. The number of likely N-dealkylation sites (tertiary alicyclic amines) is 1. The molecule has 3 heterocycles. The van der Waals surface area contributed by atoms with E-state index in [0.29, 0.717) is 22.7 Å². The summed E-state index contributed by atoms with van der Waals surface area (Å²) >= 11 is 1.30. The van der Waals surface area contributed by atoms with Crippen LogP contribution >= 0.6 is 11.3 Å². The monoisotopic (exact) mass is 488 g/mol. The predicted octanol–water partition coefficient (Wildman–Crippen LogP) is 2.81. The quantitative estimate of drug-likeness (QED) is 0.677. The first-order valence-corrected chi connectivity index (χ1v) is 13.4. The number of nitrogens with zero attached hydrogens (tertiary/aromatic N) is 3. The molecule has 2 amide bonds. The molecule has 1 N–H and O–H groups in total. The average Bonchev–Trinajstić information content (AvgIpc) is 3.30. The van der Waals surface area contributed by atoms with Gasteiger partial charge in [0.1, 0.15) is 11.2 Å². The van der Waals surface area contributed by atoms with Gasteiger partial charge < -0.3 is 10.2 Å². The van der Waals surface area contributed by atoms with Crippen LogP contribution in [-0.2, 0) is 22.7 Å². The summed E-state index contributed by atoms with van der Waals surface area (Å²) in [6, 6.07) is 1.70. The summed E-state index contributed by atoms with van der Waals surface area (Å²) in [6.07, 6.45) is 5.41. The topological polar surface area (TPSA) is 93.4 Å². The normalized spacial score (nSPS) is 21.8. The molecule has 1 aliphatic carbocycles. The Labute approximate surface area is 203 Å². The molecule has 186 valence electrons. The molecule has 2 aromatic heterocycles. The Kier molecular flexibility index (Phi) is 7.60. The first kappa shape index (κ1) is 24.7. The summed E-state index contributed by atoms with van der Waals surface area (Å²) < 4.78 is 3.22. The minimum absolute atomic E-state index is 0.0293. The molecule has 9 heteroatoms. The maximum absolute atomic E-state index is 13.3. The molecule has 0 spiro atoms. The molecule has 34 heavy (non-hydrogen) atoms. The van der Waals surface area contributed by atoms with Crippen LogP contribution in [-0.4, -0.2) is 45.0 Å². The summed E-state index contributed by atoms with van der Waals surface area (Å²) in [5.41, 5.74) is -0.202. The molecule has 8 nitrogen and oxygen atoms in total. The summed E-state index contributed by atoms with van der Waals surface area (Å²) in [4.78, 5) is 53.8. The molecule has 2 aliphatic rings. The standard InChI is InChI=1S/C25H36N4O4S/c1-16(2)26-21(30)15-28-20-10-13-34-22(20)24(32)29(25(28)33)14-18-4-6-19(7-5-18)23(31)27-11-8-17(3)9-12-27/h10,13,16-19H,4-9,11-12,14-15H2,1-3H3,(H,26,30). The SMILES string of the molecule is CC1CCN(C(=O)C2CCC(Cn3c(=O)c4sccc4n(CC(=O)NC(C)C)c3=O)CC2)CC1. The number of hydrogen-bond acceptors (Lipinski definition) is 5. The van der Waals surface area contributed by atoms with E-state index in [4.69, 9.17) is 0 Å². The van der Waals surface area contributed by atoms with Crippen LogP contribution in [0.3, 0.4) is 0 Å². The number of amides is 2. The van der Waals surface area contributed by atoms with Crippen molar-refractivity contribution in [3.05, 3.63) is 32.3 Å². The van der Waals surface area contributed by atoms with E-state index in [2.05, 4.69) is 12.2 Å². The maximum atomic E-state index is 13.3. The van der Waals surface area contributed by atoms with E-state index in [1.54, 1.807) is 11.4 Å². The Morgan fingerprint density at radius 3 is 2.38 bits per heavy atom. The Morgan fingerprint density at radius 2 is 1.74 bits per heavy atom. The summed E-state index contributed by atoms with van der Waals surface area (Å²) in [5.74, 6) is 0.949. The largest absolute Gasteiger partial charge is 0.352 e. The van der Waals surface area contributed by atoms with Gasteiger partial charge in [0, 0.05) is 31.6 Å². The minimum Gasteiger partial charge on any atom is -0.352 e. The molecule has 0 aromatic carbocycles. The summed E-state index contributed by atoms with van der Waals surface area (Å²) in [6.45, 7) is 7.93. The zero-order valence-electron chi connectivity index (χ0n) is 20.4. The van der Waals surface area contributed by atoms with E-state index in [0.717, 1.165) is 51.6 Å². The lowest BCUT2D eigenvalue weighted by atomic mass is 9.81. The maximum Gasteiger partial charge on any atom is 0.332 e. The lowest BCUT2D eigenvalue weighted by Gasteiger charge is -2.35. The third-order valence-corrected chi connectivity index (χ3v) is 8.21. The van der Waals surface area contributed by atoms with Crippen LogP contribution in [0.4, 0.5) is 0 Å². The van der Waals surface area contributed by atoms with E-state index in [1.165, 1.54) is 20.5 Å². The lowest BCUT2D eigenvalue weighted by Crippen LogP contribution is -2.45. The van der Waals surface area contributed by atoms with Crippen molar-refractivity contribution in [3.8, 4) is 0 Å². The van der Waals surface area contributed by atoms with Gasteiger partial charge in [0.05, 0.1) is 5.52 Å². The molecule has 2 fully saturated rings. The Hall–Kier alpha value is -2.42. The van der Waals surface area contributed by atoms with Gasteiger partial charge >= 0.3 is 5.69 Å². The number of thiophene rings is 1. The van der Waals surface area contributed by atoms with Crippen molar-refractivity contribution in [2.24, 2.45) is 17.8 Å².